The maximum atomic E-state index is 6.27. The van der Waals surface area contributed by atoms with Crippen molar-refractivity contribution in [2.45, 2.75) is 34.6 Å². The number of hydrogen-bond donors (Lipinski definition) is 0. The van der Waals surface area contributed by atoms with Crippen LogP contribution >= 0.6 is 11.6 Å². The summed E-state index contributed by atoms with van der Waals surface area (Å²) in [5.74, 6) is 0.795. The summed E-state index contributed by atoms with van der Waals surface area (Å²) in [5.41, 5.74) is 6.68. The van der Waals surface area contributed by atoms with Gasteiger partial charge < -0.3 is 0 Å². The molecule has 0 fully saturated rings. The summed E-state index contributed by atoms with van der Waals surface area (Å²) in [6, 6.07) is 12.5. The summed E-state index contributed by atoms with van der Waals surface area (Å²) in [4.78, 5) is 6.64. The first-order chi connectivity index (χ1) is 10.8. The van der Waals surface area contributed by atoms with Gasteiger partial charge in [-0.25, -0.2) is 4.99 Å². The third kappa shape index (κ3) is 4.02. The summed E-state index contributed by atoms with van der Waals surface area (Å²) in [5, 5.41) is 0.433. The molecule has 0 heterocycles. The van der Waals surface area contributed by atoms with Gasteiger partial charge in [0.05, 0.1) is 11.4 Å². The number of anilines is 1. The van der Waals surface area contributed by atoms with Crippen molar-refractivity contribution in [3.8, 4) is 0 Å². The quantitative estimate of drug-likeness (QED) is 0.373. The van der Waals surface area contributed by atoms with Crippen molar-refractivity contribution in [2.75, 3.05) is 4.90 Å². The van der Waals surface area contributed by atoms with Gasteiger partial charge in [0.2, 0.25) is 0 Å². The number of aryl methyl sites for hydroxylation is 4. The van der Waals surface area contributed by atoms with Crippen molar-refractivity contribution < 1.29 is 0 Å². The molecule has 0 unspecified atom stereocenters. The van der Waals surface area contributed by atoms with Crippen LogP contribution in [0.3, 0.4) is 0 Å². The van der Waals surface area contributed by atoms with Crippen LogP contribution in [-0.2, 0) is 0 Å². The highest BCUT2D eigenvalue weighted by molar-refractivity contribution is 6.33. The standard InChI is InChI=1S/C20H23ClN2/c1-13-7-9-19(15(3)11-13)22-18(6)23(17(5)21)20-10-8-14(2)12-16(20)4/h7-12H,5H2,1-4,6H3. The highest BCUT2D eigenvalue weighted by Gasteiger charge is 2.15. The summed E-state index contributed by atoms with van der Waals surface area (Å²) < 4.78 is 0. The van der Waals surface area contributed by atoms with Crippen LogP contribution in [0.5, 0.6) is 0 Å². The van der Waals surface area contributed by atoms with Crippen LogP contribution in [-0.4, -0.2) is 5.84 Å². The van der Waals surface area contributed by atoms with Crippen molar-refractivity contribution in [1.29, 1.82) is 0 Å². The van der Waals surface area contributed by atoms with Gasteiger partial charge >= 0.3 is 0 Å². The van der Waals surface area contributed by atoms with E-state index >= 15 is 0 Å². The van der Waals surface area contributed by atoms with E-state index < -0.39 is 0 Å². The lowest BCUT2D eigenvalue weighted by molar-refractivity contribution is 1.23. The average Bonchev–Trinajstić information content (AvgIpc) is 2.44. The Labute approximate surface area is 144 Å². The van der Waals surface area contributed by atoms with Crippen LogP contribution in [0.1, 0.15) is 29.2 Å². The Morgan fingerprint density at radius 2 is 1.52 bits per heavy atom. The molecular formula is C20H23ClN2. The molecule has 0 atom stereocenters. The molecule has 0 saturated carbocycles. The molecule has 120 valence electrons. The van der Waals surface area contributed by atoms with E-state index in [1.165, 1.54) is 11.1 Å². The van der Waals surface area contributed by atoms with Crippen molar-refractivity contribution >= 4 is 28.8 Å². The third-order valence-electron chi connectivity index (χ3n) is 3.79. The fourth-order valence-corrected chi connectivity index (χ4v) is 2.91. The summed E-state index contributed by atoms with van der Waals surface area (Å²) in [6.45, 7) is 14.1. The molecule has 0 bridgehead atoms. The summed E-state index contributed by atoms with van der Waals surface area (Å²) in [7, 11) is 0. The van der Waals surface area contributed by atoms with E-state index in [0.29, 0.717) is 5.16 Å². The fraction of sp³-hybridized carbons (Fsp3) is 0.250. The first-order valence-electron chi connectivity index (χ1n) is 7.64. The second-order valence-corrected chi connectivity index (χ2v) is 6.39. The number of nitrogens with zero attached hydrogens (tertiary/aromatic N) is 2. The molecule has 0 aromatic heterocycles. The molecular weight excluding hydrogens is 304 g/mol. The first-order valence-corrected chi connectivity index (χ1v) is 8.01. The van der Waals surface area contributed by atoms with E-state index in [-0.39, 0.29) is 0 Å². The van der Waals surface area contributed by atoms with Gasteiger partial charge in [-0.3, -0.25) is 4.90 Å². The third-order valence-corrected chi connectivity index (χ3v) is 3.96. The minimum Gasteiger partial charge on any atom is -0.289 e. The number of amidine groups is 1. The molecule has 0 aliphatic rings. The zero-order chi connectivity index (χ0) is 17.1. The maximum absolute atomic E-state index is 6.27. The molecule has 2 rings (SSSR count). The topological polar surface area (TPSA) is 15.6 Å². The lowest BCUT2D eigenvalue weighted by atomic mass is 10.1. The van der Waals surface area contributed by atoms with E-state index in [0.717, 1.165) is 28.3 Å². The van der Waals surface area contributed by atoms with Crippen LogP contribution in [0, 0.1) is 27.7 Å². The van der Waals surface area contributed by atoms with Gasteiger partial charge in [-0.1, -0.05) is 53.6 Å². The van der Waals surface area contributed by atoms with Crippen LogP contribution in [0.2, 0.25) is 0 Å². The molecule has 0 amide bonds. The Bertz CT molecular complexity index is 775. The number of rotatable bonds is 3. The molecule has 3 heteroatoms. The van der Waals surface area contributed by atoms with Gasteiger partial charge in [0.1, 0.15) is 11.0 Å². The molecule has 2 aromatic rings. The monoisotopic (exact) mass is 326 g/mol. The lowest BCUT2D eigenvalue weighted by Crippen LogP contribution is -2.26. The van der Waals surface area contributed by atoms with Crippen LogP contribution < -0.4 is 4.90 Å². The zero-order valence-electron chi connectivity index (χ0n) is 14.4. The van der Waals surface area contributed by atoms with Gasteiger partial charge in [0.25, 0.3) is 0 Å². The number of aliphatic imine (C=N–C) groups is 1. The highest BCUT2D eigenvalue weighted by atomic mass is 35.5. The average molecular weight is 327 g/mol. The fourth-order valence-electron chi connectivity index (χ4n) is 2.69. The molecule has 0 N–H and O–H groups in total. The highest BCUT2D eigenvalue weighted by Crippen LogP contribution is 2.28. The van der Waals surface area contributed by atoms with Crippen molar-refractivity contribution in [3.63, 3.8) is 0 Å². The van der Waals surface area contributed by atoms with Gasteiger partial charge in [-0.2, -0.15) is 0 Å². The first kappa shape index (κ1) is 17.3. The SMILES string of the molecule is C=C(Cl)N(C(C)=Nc1ccc(C)cc1C)c1ccc(C)cc1C. The summed E-state index contributed by atoms with van der Waals surface area (Å²) in [6.07, 6.45) is 0. The van der Waals surface area contributed by atoms with Crippen molar-refractivity contribution in [3.05, 3.63) is 70.4 Å². The van der Waals surface area contributed by atoms with Crippen LogP contribution in [0.15, 0.2) is 53.1 Å². The van der Waals surface area contributed by atoms with Crippen molar-refractivity contribution in [1.82, 2.24) is 0 Å². The molecule has 23 heavy (non-hydrogen) atoms. The van der Waals surface area contributed by atoms with E-state index in [4.69, 9.17) is 16.6 Å². The smallest absolute Gasteiger partial charge is 0.111 e. The van der Waals surface area contributed by atoms with Gasteiger partial charge in [-0.05, 0) is 57.9 Å². The maximum Gasteiger partial charge on any atom is 0.111 e. The van der Waals surface area contributed by atoms with E-state index in [2.05, 4.69) is 64.6 Å². The van der Waals surface area contributed by atoms with Crippen molar-refractivity contribution in [2.24, 2.45) is 4.99 Å². The van der Waals surface area contributed by atoms with Crippen LogP contribution in [0.25, 0.3) is 0 Å². The molecule has 0 aliphatic heterocycles. The largest absolute Gasteiger partial charge is 0.289 e. The van der Waals surface area contributed by atoms with Gasteiger partial charge in [0, 0.05) is 0 Å². The second-order valence-electron chi connectivity index (χ2n) is 5.95. The Balaban J connectivity index is 2.48. The predicted molar refractivity (Wildman–Crippen MR) is 102 cm³/mol. The summed E-state index contributed by atoms with van der Waals surface area (Å²) >= 11 is 6.27. The van der Waals surface area contributed by atoms with E-state index in [1.54, 1.807) is 0 Å². The second kappa shape index (κ2) is 7.01. The molecule has 0 saturated heterocycles. The molecule has 2 nitrogen and oxygen atoms in total. The lowest BCUT2D eigenvalue weighted by Gasteiger charge is -2.25. The molecule has 0 radical (unpaired) electrons. The number of halogens is 1. The Morgan fingerprint density at radius 1 is 0.957 bits per heavy atom. The normalized spacial score (nSPS) is 11.5. The van der Waals surface area contributed by atoms with E-state index in [9.17, 15) is 0 Å². The Kier molecular flexibility index (Phi) is 5.27. The molecule has 0 spiro atoms. The van der Waals surface area contributed by atoms with Gasteiger partial charge in [0.15, 0.2) is 0 Å². The minimum absolute atomic E-state index is 0.433. The zero-order valence-corrected chi connectivity index (χ0v) is 15.2. The number of hydrogen-bond acceptors (Lipinski definition) is 1. The van der Waals surface area contributed by atoms with E-state index in [1.807, 2.05) is 17.9 Å². The molecule has 0 aliphatic carbocycles. The Morgan fingerprint density at radius 3 is 2.04 bits per heavy atom. The Hall–Kier alpha value is -2.06. The van der Waals surface area contributed by atoms with Crippen LogP contribution in [0.4, 0.5) is 11.4 Å². The molecule has 2 aromatic carbocycles. The van der Waals surface area contributed by atoms with Gasteiger partial charge in [-0.15, -0.1) is 0 Å². The number of benzene rings is 2. The predicted octanol–water partition coefficient (Wildman–Crippen LogP) is 6.19. The minimum atomic E-state index is 0.433.